The molecule has 76 valence electrons. The first-order valence-corrected chi connectivity index (χ1v) is 5.16. The quantitative estimate of drug-likeness (QED) is 0.690. The summed E-state index contributed by atoms with van der Waals surface area (Å²) in [6.45, 7) is 0. The lowest BCUT2D eigenvalue weighted by molar-refractivity contribution is 1.04. The highest BCUT2D eigenvalue weighted by atomic mass is 14.9. The maximum Gasteiger partial charge on any atom is 0.0931 e. The van der Waals surface area contributed by atoms with E-state index in [1.165, 1.54) is 12.8 Å². The second-order valence-corrected chi connectivity index (χ2v) is 3.35. The number of allylic oxidation sites excluding steroid dienone is 4. The number of aromatic nitrogens is 2. The van der Waals surface area contributed by atoms with Crippen LogP contribution in [-0.2, 0) is 0 Å². The van der Waals surface area contributed by atoms with Crippen molar-refractivity contribution in [2.45, 2.75) is 12.8 Å². The molecule has 2 nitrogen and oxygen atoms in total. The lowest BCUT2D eigenvalue weighted by atomic mass is 10.2. The largest absolute Gasteiger partial charge is 0.345 e. The van der Waals surface area contributed by atoms with Gasteiger partial charge < -0.3 is 4.98 Å². The van der Waals surface area contributed by atoms with Crippen LogP contribution in [0.25, 0.3) is 11.0 Å². The summed E-state index contributed by atoms with van der Waals surface area (Å²) in [6.07, 6.45) is 12.7. The minimum absolute atomic E-state index is 1.03. The third-order valence-corrected chi connectivity index (χ3v) is 2.21. The van der Waals surface area contributed by atoms with E-state index in [1.54, 1.807) is 6.33 Å². The zero-order valence-corrected chi connectivity index (χ0v) is 8.56. The summed E-state index contributed by atoms with van der Waals surface area (Å²) in [6, 6.07) is 7.94. The molecule has 3 rings (SSSR count). The molecule has 1 N–H and O–H groups in total. The molecular formula is C13H14N2. The van der Waals surface area contributed by atoms with Gasteiger partial charge in [0, 0.05) is 0 Å². The van der Waals surface area contributed by atoms with Gasteiger partial charge in [-0.1, -0.05) is 36.4 Å². The molecule has 1 heterocycles. The van der Waals surface area contributed by atoms with Crippen LogP contribution in [0.2, 0.25) is 0 Å². The number of nitrogens with zero attached hydrogens (tertiary/aromatic N) is 1. The number of aromatic amines is 1. The topological polar surface area (TPSA) is 28.7 Å². The number of H-pyrrole nitrogens is 1. The maximum absolute atomic E-state index is 4.06. The molecule has 2 heteroatoms. The molecule has 0 fully saturated rings. The SMILES string of the molecule is C1=CCCC=C1.c1ccc2[nH]cnc2c1. The van der Waals surface area contributed by atoms with Gasteiger partial charge in [-0.2, -0.15) is 0 Å². The summed E-state index contributed by atoms with van der Waals surface area (Å²) in [5, 5.41) is 0. The van der Waals surface area contributed by atoms with E-state index in [1.807, 2.05) is 24.3 Å². The van der Waals surface area contributed by atoms with Crippen LogP contribution in [0.15, 0.2) is 54.9 Å². The fraction of sp³-hybridized carbons (Fsp3) is 0.154. The van der Waals surface area contributed by atoms with Gasteiger partial charge in [0.15, 0.2) is 0 Å². The Hall–Kier alpha value is -1.83. The van der Waals surface area contributed by atoms with Crippen LogP contribution >= 0.6 is 0 Å². The summed E-state index contributed by atoms with van der Waals surface area (Å²) in [4.78, 5) is 7.07. The lowest BCUT2D eigenvalue weighted by Gasteiger charge is -1.88. The van der Waals surface area contributed by atoms with Crippen LogP contribution in [0.4, 0.5) is 0 Å². The first-order chi connectivity index (χ1) is 7.47. The van der Waals surface area contributed by atoms with Crippen molar-refractivity contribution in [3.63, 3.8) is 0 Å². The third-order valence-electron chi connectivity index (χ3n) is 2.21. The van der Waals surface area contributed by atoms with Crippen LogP contribution in [0.3, 0.4) is 0 Å². The van der Waals surface area contributed by atoms with Crippen LogP contribution in [0.5, 0.6) is 0 Å². The Labute approximate surface area is 89.4 Å². The van der Waals surface area contributed by atoms with Crippen molar-refractivity contribution < 1.29 is 0 Å². The van der Waals surface area contributed by atoms with Gasteiger partial charge in [-0.3, -0.25) is 0 Å². The number of fused-ring (bicyclic) bond motifs is 1. The van der Waals surface area contributed by atoms with Crippen molar-refractivity contribution in [2.24, 2.45) is 0 Å². The van der Waals surface area contributed by atoms with Gasteiger partial charge in [0.05, 0.1) is 17.4 Å². The minimum Gasteiger partial charge on any atom is -0.345 e. The van der Waals surface area contributed by atoms with Crippen molar-refractivity contribution in [1.29, 1.82) is 0 Å². The standard InChI is InChI=1S/C7H6N2.C6H8/c1-2-4-7-6(3-1)8-5-9-7;1-2-4-6-5-3-1/h1-5H,(H,8,9);1-4H,5-6H2. The van der Waals surface area contributed by atoms with E-state index in [9.17, 15) is 0 Å². The van der Waals surface area contributed by atoms with Crippen molar-refractivity contribution in [3.05, 3.63) is 54.9 Å². The van der Waals surface area contributed by atoms with E-state index in [0.29, 0.717) is 0 Å². The van der Waals surface area contributed by atoms with Gasteiger partial charge in [-0.05, 0) is 25.0 Å². The summed E-state index contributed by atoms with van der Waals surface area (Å²) in [5.41, 5.74) is 2.12. The lowest BCUT2D eigenvalue weighted by Crippen LogP contribution is -1.67. The Morgan fingerprint density at radius 3 is 2.33 bits per heavy atom. The van der Waals surface area contributed by atoms with Gasteiger partial charge in [0.1, 0.15) is 0 Å². The number of para-hydroxylation sites is 2. The summed E-state index contributed by atoms with van der Waals surface area (Å²) < 4.78 is 0. The molecular weight excluding hydrogens is 184 g/mol. The molecule has 0 unspecified atom stereocenters. The van der Waals surface area contributed by atoms with Gasteiger partial charge in [0.2, 0.25) is 0 Å². The second-order valence-electron chi connectivity index (χ2n) is 3.35. The average Bonchev–Trinajstić information content (AvgIpc) is 2.80. The van der Waals surface area contributed by atoms with Crippen molar-refractivity contribution in [3.8, 4) is 0 Å². The van der Waals surface area contributed by atoms with E-state index >= 15 is 0 Å². The molecule has 2 aromatic rings. The maximum atomic E-state index is 4.06. The number of benzene rings is 1. The predicted molar refractivity (Wildman–Crippen MR) is 63.6 cm³/mol. The van der Waals surface area contributed by atoms with Crippen molar-refractivity contribution in [1.82, 2.24) is 9.97 Å². The second kappa shape index (κ2) is 5.15. The molecule has 0 saturated carbocycles. The average molecular weight is 198 g/mol. The minimum atomic E-state index is 1.03. The van der Waals surface area contributed by atoms with Gasteiger partial charge in [0.25, 0.3) is 0 Å². The normalized spacial score (nSPS) is 13.6. The van der Waals surface area contributed by atoms with E-state index in [2.05, 4.69) is 34.3 Å². The molecule has 0 atom stereocenters. The molecule has 0 amide bonds. The smallest absolute Gasteiger partial charge is 0.0931 e. The fourth-order valence-corrected chi connectivity index (χ4v) is 1.42. The number of nitrogens with one attached hydrogen (secondary N) is 1. The molecule has 15 heavy (non-hydrogen) atoms. The van der Waals surface area contributed by atoms with E-state index in [0.717, 1.165) is 11.0 Å². The Bertz CT molecular complexity index is 424. The highest BCUT2D eigenvalue weighted by Crippen LogP contribution is 2.05. The molecule has 1 aliphatic rings. The van der Waals surface area contributed by atoms with E-state index < -0.39 is 0 Å². The van der Waals surface area contributed by atoms with E-state index in [-0.39, 0.29) is 0 Å². The number of imidazole rings is 1. The molecule has 0 bridgehead atoms. The molecule has 1 aliphatic carbocycles. The van der Waals surface area contributed by atoms with Crippen molar-refractivity contribution in [2.75, 3.05) is 0 Å². The highest BCUT2D eigenvalue weighted by molar-refractivity contribution is 5.73. The third kappa shape index (κ3) is 2.81. The Morgan fingerprint density at radius 1 is 1.00 bits per heavy atom. The summed E-state index contributed by atoms with van der Waals surface area (Å²) in [5.74, 6) is 0. The zero-order valence-electron chi connectivity index (χ0n) is 8.56. The highest BCUT2D eigenvalue weighted by Gasteiger charge is 1.88. The molecule has 1 aromatic heterocycles. The number of hydrogen-bond acceptors (Lipinski definition) is 1. The molecule has 0 spiro atoms. The number of rotatable bonds is 0. The molecule has 0 aliphatic heterocycles. The van der Waals surface area contributed by atoms with Crippen LogP contribution in [-0.4, -0.2) is 9.97 Å². The van der Waals surface area contributed by atoms with Crippen LogP contribution < -0.4 is 0 Å². The predicted octanol–water partition coefficient (Wildman–Crippen LogP) is 3.46. The monoisotopic (exact) mass is 198 g/mol. The Morgan fingerprint density at radius 2 is 1.73 bits per heavy atom. The summed E-state index contributed by atoms with van der Waals surface area (Å²) in [7, 11) is 0. The molecule has 0 saturated heterocycles. The van der Waals surface area contributed by atoms with Crippen LogP contribution in [0, 0.1) is 0 Å². The summed E-state index contributed by atoms with van der Waals surface area (Å²) >= 11 is 0. The first kappa shape index (κ1) is 9.71. The number of hydrogen-bond donors (Lipinski definition) is 1. The fourth-order valence-electron chi connectivity index (χ4n) is 1.42. The molecule has 1 aromatic carbocycles. The van der Waals surface area contributed by atoms with Gasteiger partial charge >= 0.3 is 0 Å². The van der Waals surface area contributed by atoms with Crippen molar-refractivity contribution >= 4 is 11.0 Å². The van der Waals surface area contributed by atoms with E-state index in [4.69, 9.17) is 0 Å². The Kier molecular flexibility index (Phi) is 3.34. The first-order valence-electron chi connectivity index (χ1n) is 5.16. The van der Waals surface area contributed by atoms with Gasteiger partial charge in [-0.25, -0.2) is 4.98 Å². The van der Waals surface area contributed by atoms with Gasteiger partial charge in [-0.15, -0.1) is 0 Å². The van der Waals surface area contributed by atoms with Crippen LogP contribution in [0.1, 0.15) is 12.8 Å². The molecule has 0 radical (unpaired) electrons. The Balaban J connectivity index is 0.000000124. The zero-order chi connectivity index (χ0) is 10.3.